The molecule has 0 bridgehead atoms. The van der Waals surface area contributed by atoms with Crippen LogP contribution in [0.15, 0.2) is 0 Å². The van der Waals surface area contributed by atoms with Crippen LogP contribution in [-0.4, -0.2) is 41.3 Å². The standard InChI is InChI=1S/C14H25NO4/c1-7-18-11(16)14(10(2)3)8-9-15(14)12(17)19-13(4,5)6/h10H,7-9H2,1-6H3/t14-/m1/s1. The average Bonchev–Trinajstić information content (AvgIpc) is 2.12. The van der Waals surface area contributed by atoms with Crippen molar-refractivity contribution in [2.24, 2.45) is 5.92 Å². The normalized spacial score (nSPS) is 23.0. The molecule has 19 heavy (non-hydrogen) atoms. The summed E-state index contributed by atoms with van der Waals surface area (Å²) in [5, 5.41) is 0. The van der Waals surface area contributed by atoms with E-state index in [2.05, 4.69) is 0 Å². The predicted octanol–water partition coefficient (Wildman–Crippen LogP) is 2.59. The lowest BCUT2D eigenvalue weighted by molar-refractivity contribution is -0.171. The smallest absolute Gasteiger partial charge is 0.411 e. The Bertz CT molecular complexity index is 359. The molecule has 0 N–H and O–H groups in total. The van der Waals surface area contributed by atoms with Crippen LogP contribution in [0.3, 0.4) is 0 Å². The molecule has 0 aromatic carbocycles. The first kappa shape index (κ1) is 15.8. The van der Waals surface area contributed by atoms with Gasteiger partial charge >= 0.3 is 12.1 Å². The zero-order valence-corrected chi connectivity index (χ0v) is 12.8. The van der Waals surface area contributed by atoms with Gasteiger partial charge in [0.15, 0.2) is 0 Å². The Morgan fingerprint density at radius 2 is 1.89 bits per heavy atom. The first-order valence-electron chi connectivity index (χ1n) is 6.83. The van der Waals surface area contributed by atoms with Gasteiger partial charge in [0.1, 0.15) is 11.1 Å². The number of likely N-dealkylation sites (tertiary alicyclic amines) is 1. The fourth-order valence-electron chi connectivity index (χ4n) is 2.34. The lowest BCUT2D eigenvalue weighted by Crippen LogP contribution is -2.70. The maximum Gasteiger partial charge on any atom is 0.411 e. The second-order valence-corrected chi connectivity index (χ2v) is 6.18. The van der Waals surface area contributed by atoms with E-state index in [0.29, 0.717) is 19.6 Å². The van der Waals surface area contributed by atoms with Crippen LogP contribution in [0.1, 0.15) is 48.0 Å². The molecule has 1 aliphatic heterocycles. The molecule has 0 unspecified atom stereocenters. The summed E-state index contributed by atoms with van der Waals surface area (Å²) in [5.41, 5.74) is -1.43. The maximum absolute atomic E-state index is 12.2. The minimum atomic E-state index is -0.863. The highest BCUT2D eigenvalue weighted by Gasteiger charge is 2.57. The van der Waals surface area contributed by atoms with E-state index in [1.807, 2.05) is 34.6 Å². The molecule has 5 nitrogen and oxygen atoms in total. The molecule has 0 aromatic heterocycles. The molecule has 5 heteroatoms. The van der Waals surface area contributed by atoms with Gasteiger partial charge in [-0.05, 0) is 40.0 Å². The molecule has 1 fully saturated rings. The minimum Gasteiger partial charge on any atom is -0.464 e. The second kappa shape index (κ2) is 5.39. The number of esters is 1. The van der Waals surface area contributed by atoms with Gasteiger partial charge in [0.2, 0.25) is 0 Å². The van der Waals surface area contributed by atoms with E-state index in [1.54, 1.807) is 6.92 Å². The van der Waals surface area contributed by atoms with Crippen molar-refractivity contribution >= 4 is 12.1 Å². The third-order valence-electron chi connectivity index (χ3n) is 3.40. The van der Waals surface area contributed by atoms with Crippen LogP contribution >= 0.6 is 0 Å². The van der Waals surface area contributed by atoms with Crippen LogP contribution in [0.25, 0.3) is 0 Å². The summed E-state index contributed by atoms with van der Waals surface area (Å²) in [4.78, 5) is 25.9. The number of hydrogen-bond donors (Lipinski definition) is 0. The van der Waals surface area contributed by atoms with E-state index in [-0.39, 0.29) is 11.9 Å². The molecule has 0 aliphatic carbocycles. The highest BCUT2D eigenvalue weighted by atomic mass is 16.6. The van der Waals surface area contributed by atoms with Crippen LogP contribution in [0.2, 0.25) is 0 Å². The van der Waals surface area contributed by atoms with Crippen molar-refractivity contribution in [2.45, 2.75) is 59.1 Å². The Morgan fingerprint density at radius 1 is 1.32 bits per heavy atom. The van der Waals surface area contributed by atoms with Crippen LogP contribution in [0.4, 0.5) is 4.79 Å². The molecular weight excluding hydrogens is 246 g/mol. The molecule has 1 aliphatic rings. The van der Waals surface area contributed by atoms with Crippen molar-refractivity contribution in [3.63, 3.8) is 0 Å². The molecule has 0 radical (unpaired) electrons. The van der Waals surface area contributed by atoms with Gasteiger partial charge in [-0.15, -0.1) is 0 Å². The summed E-state index contributed by atoms with van der Waals surface area (Å²) in [6.07, 6.45) is 0.184. The Balaban J connectivity index is 2.90. The number of amides is 1. The molecule has 110 valence electrons. The fourth-order valence-corrected chi connectivity index (χ4v) is 2.34. The second-order valence-electron chi connectivity index (χ2n) is 6.18. The minimum absolute atomic E-state index is 0.00665. The highest BCUT2D eigenvalue weighted by molar-refractivity contribution is 5.88. The van der Waals surface area contributed by atoms with Gasteiger partial charge in [-0.1, -0.05) is 13.8 Å². The largest absolute Gasteiger partial charge is 0.464 e. The summed E-state index contributed by atoms with van der Waals surface area (Å²) in [6, 6.07) is 0. The van der Waals surface area contributed by atoms with E-state index in [9.17, 15) is 9.59 Å². The predicted molar refractivity (Wildman–Crippen MR) is 71.8 cm³/mol. The number of rotatable bonds is 3. The highest BCUT2D eigenvalue weighted by Crippen LogP contribution is 2.39. The number of ether oxygens (including phenoxy) is 2. The topological polar surface area (TPSA) is 55.8 Å². The van der Waals surface area contributed by atoms with E-state index in [0.717, 1.165) is 0 Å². The van der Waals surface area contributed by atoms with Gasteiger partial charge in [0.05, 0.1) is 6.61 Å². The van der Waals surface area contributed by atoms with Crippen molar-refractivity contribution < 1.29 is 19.1 Å². The molecule has 1 rings (SSSR count). The van der Waals surface area contributed by atoms with E-state index in [1.165, 1.54) is 4.90 Å². The number of carbonyl (C=O) groups is 2. The van der Waals surface area contributed by atoms with Crippen LogP contribution in [0.5, 0.6) is 0 Å². The molecule has 1 atom stereocenters. The summed E-state index contributed by atoms with van der Waals surface area (Å²) >= 11 is 0. The quantitative estimate of drug-likeness (QED) is 0.740. The fraction of sp³-hybridized carbons (Fsp3) is 0.857. The molecule has 0 saturated carbocycles. The Morgan fingerprint density at radius 3 is 2.21 bits per heavy atom. The van der Waals surface area contributed by atoms with Crippen LogP contribution < -0.4 is 0 Å². The lowest BCUT2D eigenvalue weighted by atomic mass is 9.75. The first-order chi connectivity index (χ1) is 8.65. The molecule has 0 spiro atoms. The lowest BCUT2D eigenvalue weighted by Gasteiger charge is -2.52. The molecule has 0 aromatic rings. The molecule has 1 amide bonds. The van der Waals surface area contributed by atoms with Gasteiger partial charge in [0, 0.05) is 6.54 Å². The van der Waals surface area contributed by atoms with Gasteiger partial charge in [0.25, 0.3) is 0 Å². The SMILES string of the molecule is CCOC(=O)[C@]1(C(C)C)CCN1C(=O)OC(C)(C)C. The zero-order valence-electron chi connectivity index (χ0n) is 12.8. The van der Waals surface area contributed by atoms with Crippen molar-refractivity contribution in [1.82, 2.24) is 4.90 Å². The molecule has 1 saturated heterocycles. The number of nitrogens with zero attached hydrogens (tertiary/aromatic N) is 1. The summed E-state index contributed by atoms with van der Waals surface area (Å²) < 4.78 is 10.5. The van der Waals surface area contributed by atoms with Crippen molar-refractivity contribution in [3.8, 4) is 0 Å². The van der Waals surface area contributed by atoms with Gasteiger partial charge in [-0.25, -0.2) is 9.59 Å². The number of hydrogen-bond acceptors (Lipinski definition) is 4. The van der Waals surface area contributed by atoms with E-state index in [4.69, 9.17) is 9.47 Å². The van der Waals surface area contributed by atoms with E-state index >= 15 is 0 Å². The summed E-state index contributed by atoms with van der Waals surface area (Å²) in [7, 11) is 0. The van der Waals surface area contributed by atoms with Crippen LogP contribution in [-0.2, 0) is 14.3 Å². The number of carbonyl (C=O) groups excluding carboxylic acids is 2. The van der Waals surface area contributed by atoms with Crippen molar-refractivity contribution in [2.75, 3.05) is 13.2 Å². The van der Waals surface area contributed by atoms with Crippen molar-refractivity contribution in [3.05, 3.63) is 0 Å². The Kier molecular flexibility index (Phi) is 4.48. The van der Waals surface area contributed by atoms with Gasteiger partial charge in [-0.2, -0.15) is 0 Å². The maximum atomic E-state index is 12.2. The Hall–Kier alpha value is -1.26. The summed E-state index contributed by atoms with van der Waals surface area (Å²) in [6.45, 7) is 11.9. The molecule has 1 heterocycles. The molecular formula is C14H25NO4. The zero-order chi connectivity index (χ0) is 14.8. The average molecular weight is 271 g/mol. The van der Waals surface area contributed by atoms with E-state index < -0.39 is 17.2 Å². The van der Waals surface area contributed by atoms with Gasteiger partial charge in [-0.3, -0.25) is 4.90 Å². The summed E-state index contributed by atoms with van der Waals surface area (Å²) in [5.74, 6) is -0.338. The third-order valence-corrected chi connectivity index (χ3v) is 3.40. The monoisotopic (exact) mass is 271 g/mol. The van der Waals surface area contributed by atoms with Crippen molar-refractivity contribution in [1.29, 1.82) is 0 Å². The van der Waals surface area contributed by atoms with Crippen LogP contribution in [0, 0.1) is 5.92 Å². The third kappa shape index (κ3) is 3.01. The first-order valence-corrected chi connectivity index (χ1v) is 6.83. The van der Waals surface area contributed by atoms with Gasteiger partial charge < -0.3 is 9.47 Å². The Labute approximate surface area is 115 Å².